The molecule has 2 aromatic rings. The number of rotatable bonds is 7. The van der Waals surface area contributed by atoms with Crippen LogP contribution in [0.4, 0.5) is 9.59 Å². The normalized spacial score (nSPS) is 13.9. The molecule has 176 valence electrons. The number of carbonyl (C=O) groups excluding carboxylic acids is 2. The molecule has 12 heteroatoms. The quantitative estimate of drug-likeness (QED) is 0.478. The van der Waals surface area contributed by atoms with Crippen LogP contribution in [0.15, 0.2) is 42.6 Å². The van der Waals surface area contributed by atoms with Crippen molar-refractivity contribution in [2.24, 2.45) is 0 Å². The van der Waals surface area contributed by atoms with Crippen molar-refractivity contribution in [2.45, 2.75) is 26.7 Å². The first-order valence-corrected chi connectivity index (χ1v) is 11.0. The van der Waals surface area contributed by atoms with Gasteiger partial charge in [-0.1, -0.05) is 11.6 Å². The van der Waals surface area contributed by atoms with Gasteiger partial charge >= 0.3 is 12.2 Å². The Morgan fingerprint density at radius 1 is 1.15 bits per heavy atom. The fourth-order valence-corrected chi connectivity index (χ4v) is 3.17. The molecule has 11 nitrogen and oxygen atoms in total. The van der Waals surface area contributed by atoms with Crippen molar-refractivity contribution < 1.29 is 19.1 Å². The zero-order chi connectivity index (χ0) is 23.6. The SMILES string of the molecule is CCOC(=O)NN(C(=O)OCC)C(=CC=CN1CCCC1)c1nnn(-c2ccc(Cl)cc2)n1. The summed E-state index contributed by atoms with van der Waals surface area (Å²) in [6.45, 7) is 5.44. The highest BCUT2D eigenvalue weighted by molar-refractivity contribution is 6.30. The van der Waals surface area contributed by atoms with Gasteiger partial charge in [0.1, 0.15) is 5.70 Å². The third-order valence-electron chi connectivity index (χ3n) is 4.56. The number of tetrazole rings is 1. The first-order valence-electron chi connectivity index (χ1n) is 10.6. The Morgan fingerprint density at radius 2 is 1.85 bits per heavy atom. The standard InChI is InChI=1S/C21H26ClN7O4/c1-3-32-20(30)25-28(21(31)33-4-2)18(8-7-15-27-13-5-6-14-27)19-23-26-29(24-19)17-11-9-16(22)10-12-17/h7-12,15H,3-6,13-14H2,1-2H3,(H,25,30). The number of ether oxygens (including phenoxy) is 2. The summed E-state index contributed by atoms with van der Waals surface area (Å²) in [6, 6.07) is 6.85. The second kappa shape index (κ2) is 11.9. The summed E-state index contributed by atoms with van der Waals surface area (Å²) in [5.41, 5.74) is 3.15. The maximum Gasteiger partial charge on any atom is 0.433 e. The molecule has 1 aliphatic rings. The van der Waals surface area contributed by atoms with E-state index < -0.39 is 12.2 Å². The van der Waals surface area contributed by atoms with E-state index in [2.05, 4.69) is 25.7 Å². The lowest BCUT2D eigenvalue weighted by Gasteiger charge is -2.22. The highest BCUT2D eigenvalue weighted by Crippen LogP contribution is 2.18. The topological polar surface area (TPSA) is 115 Å². The minimum Gasteiger partial charge on any atom is -0.449 e. The zero-order valence-electron chi connectivity index (χ0n) is 18.5. The van der Waals surface area contributed by atoms with Gasteiger partial charge in [0.15, 0.2) is 0 Å². The largest absolute Gasteiger partial charge is 0.449 e. The van der Waals surface area contributed by atoms with Gasteiger partial charge in [-0.05, 0) is 74.5 Å². The van der Waals surface area contributed by atoms with Crippen LogP contribution in [-0.2, 0) is 9.47 Å². The van der Waals surface area contributed by atoms with Gasteiger partial charge in [0, 0.05) is 18.1 Å². The van der Waals surface area contributed by atoms with Gasteiger partial charge in [-0.25, -0.2) is 15.0 Å². The minimum absolute atomic E-state index is 0.0841. The van der Waals surface area contributed by atoms with E-state index in [0.29, 0.717) is 10.7 Å². The number of halogens is 1. The molecule has 0 aliphatic carbocycles. The molecule has 0 unspecified atom stereocenters. The van der Waals surface area contributed by atoms with Crippen molar-refractivity contribution in [3.05, 3.63) is 53.5 Å². The van der Waals surface area contributed by atoms with Crippen LogP contribution in [0.2, 0.25) is 5.02 Å². The second-order valence-corrected chi connectivity index (χ2v) is 7.32. The lowest BCUT2D eigenvalue weighted by molar-refractivity contribution is 0.0957. The molecular formula is C21H26ClN7O4. The van der Waals surface area contributed by atoms with E-state index in [1.807, 2.05) is 6.20 Å². The molecule has 1 saturated heterocycles. The molecule has 0 spiro atoms. The fraction of sp³-hybridized carbons (Fsp3) is 0.381. The number of hydrazine groups is 1. The Balaban J connectivity index is 1.97. The van der Waals surface area contributed by atoms with Crippen LogP contribution < -0.4 is 5.43 Å². The van der Waals surface area contributed by atoms with Crippen LogP contribution >= 0.6 is 11.6 Å². The highest BCUT2D eigenvalue weighted by atomic mass is 35.5. The number of benzene rings is 1. The summed E-state index contributed by atoms with van der Waals surface area (Å²) < 4.78 is 10.0. The summed E-state index contributed by atoms with van der Waals surface area (Å²) in [6.07, 6.45) is 5.85. The molecule has 1 aromatic heterocycles. The van der Waals surface area contributed by atoms with Crippen LogP contribution in [0, 0.1) is 0 Å². The summed E-state index contributed by atoms with van der Waals surface area (Å²) in [5.74, 6) is 0.0841. The molecule has 0 radical (unpaired) electrons. The van der Waals surface area contributed by atoms with E-state index >= 15 is 0 Å². The first kappa shape index (κ1) is 24.1. The molecule has 33 heavy (non-hydrogen) atoms. The predicted octanol–water partition coefficient (Wildman–Crippen LogP) is 3.39. The molecule has 0 atom stereocenters. The van der Waals surface area contributed by atoms with Crippen LogP contribution in [0.5, 0.6) is 0 Å². The number of hydrogen-bond acceptors (Lipinski definition) is 8. The third kappa shape index (κ3) is 6.69. The van der Waals surface area contributed by atoms with Gasteiger partial charge in [-0.15, -0.1) is 15.0 Å². The van der Waals surface area contributed by atoms with Gasteiger partial charge < -0.3 is 14.4 Å². The average Bonchev–Trinajstić information content (AvgIpc) is 3.49. The van der Waals surface area contributed by atoms with Gasteiger partial charge in [0.05, 0.1) is 18.9 Å². The number of amides is 2. The maximum absolute atomic E-state index is 12.7. The Labute approximate surface area is 196 Å². The monoisotopic (exact) mass is 475 g/mol. The van der Waals surface area contributed by atoms with Crippen LogP contribution in [-0.4, -0.2) is 68.6 Å². The first-order chi connectivity index (χ1) is 16.0. The van der Waals surface area contributed by atoms with E-state index in [0.717, 1.165) is 30.9 Å². The molecule has 3 rings (SSSR count). The predicted molar refractivity (Wildman–Crippen MR) is 121 cm³/mol. The van der Waals surface area contributed by atoms with Gasteiger partial charge in [-0.3, -0.25) is 0 Å². The Kier molecular flexibility index (Phi) is 8.64. The fourth-order valence-electron chi connectivity index (χ4n) is 3.04. The van der Waals surface area contributed by atoms with Crippen LogP contribution in [0.3, 0.4) is 0 Å². The highest BCUT2D eigenvalue weighted by Gasteiger charge is 2.27. The third-order valence-corrected chi connectivity index (χ3v) is 4.81. The lowest BCUT2D eigenvalue weighted by atomic mass is 10.3. The molecule has 0 saturated carbocycles. The average molecular weight is 476 g/mol. The maximum atomic E-state index is 12.7. The van der Waals surface area contributed by atoms with Crippen molar-refractivity contribution in [1.29, 1.82) is 0 Å². The van der Waals surface area contributed by atoms with Crippen molar-refractivity contribution in [2.75, 3.05) is 26.3 Å². The number of hydrogen-bond donors (Lipinski definition) is 1. The summed E-state index contributed by atoms with van der Waals surface area (Å²) in [7, 11) is 0. The minimum atomic E-state index is -0.829. The number of aromatic nitrogens is 4. The summed E-state index contributed by atoms with van der Waals surface area (Å²) >= 11 is 5.95. The number of carbonyl (C=O) groups is 2. The van der Waals surface area contributed by atoms with Gasteiger partial charge in [0.2, 0.25) is 5.82 Å². The summed E-state index contributed by atoms with van der Waals surface area (Å²) in [5, 5.41) is 14.0. The molecule has 1 aliphatic heterocycles. The molecule has 2 amide bonds. The van der Waals surface area contributed by atoms with E-state index in [4.69, 9.17) is 21.1 Å². The smallest absolute Gasteiger partial charge is 0.433 e. The number of nitrogens with one attached hydrogen (secondary N) is 1. The van der Waals surface area contributed by atoms with Gasteiger partial charge in [-0.2, -0.15) is 5.01 Å². The van der Waals surface area contributed by atoms with E-state index in [1.54, 1.807) is 50.3 Å². The van der Waals surface area contributed by atoms with Crippen LogP contribution in [0.25, 0.3) is 11.4 Å². The van der Waals surface area contributed by atoms with E-state index in [-0.39, 0.29) is 24.7 Å². The summed E-state index contributed by atoms with van der Waals surface area (Å²) in [4.78, 5) is 28.3. The molecule has 1 fully saturated rings. The van der Waals surface area contributed by atoms with Crippen molar-refractivity contribution in [3.8, 4) is 5.69 Å². The Morgan fingerprint density at radius 3 is 2.52 bits per heavy atom. The lowest BCUT2D eigenvalue weighted by Crippen LogP contribution is -2.45. The van der Waals surface area contributed by atoms with Crippen molar-refractivity contribution >= 4 is 29.5 Å². The molecule has 1 aromatic carbocycles. The van der Waals surface area contributed by atoms with Crippen LogP contribution in [0.1, 0.15) is 32.5 Å². The number of allylic oxidation sites excluding steroid dienone is 2. The zero-order valence-corrected chi connectivity index (χ0v) is 19.2. The molecule has 1 N–H and O–H groups in total. The second-order valence-electron chi connectivity index (χ2n) is 6.88. The Hall–Kier alpha value is -3.60. The van der Waals surface area contributed by atoms with Crippen molar-refractivity contribution in [1.82, 2.24) is 35.5 Å². The Bertz CT molecular complexity index is 1000. The molecule has 0 bridgehead atoms. The number of likely N-dealkylation sites (tertiary alicyclic amines) is 1. The molecular weight excluding hydrogens is 450 g/mol. The van der Waals surface area contributed by atoms with E-state index in [1.165, 1.54) is 4.80 Å². The van der Waals surface area contributed by atoms with Crippen molar-refractivity contribution in [3.63, 3.8) is 0 Å². The molecule has 2 heterocycles. The van der Waals surface area contributed by atoms with Gasteiger partial charge in [0.25, 0.3) is 0 Å². The van der Waals surface area contributed by atoms with E-state index in [9.17, 15) is 9.59 Å². The number of nitrogens with zero attached hydrogens (tertiary/aromatic N) is 6.